The Morgan fingerprint density at radius 3 is 2.52 bits per heavy atom. The summed E-state index contributed by atoms with van der Waals surface area (Å²) in [6.07, 6.45) is 0.281. The normalized spacial score (nSPS) is 9.71. The molecule has 0 N–H and O–H groups in total. The van der Waals surface area contributed by atoms with Crippen molar-refractivity contribution in [2.24, 2.45) is 0 Å². The van der Waals surface area contributed by atoms with Gasteiger partial charge in [0.25, 0.3) is 0 Å². The van der Waals surface area contributed by atoms with E-state index in [1.807, 2.05) is 24.3 Å². The van der Waals surface area contributed by atoms with Crippen molar-refractivity contribution in [3.8, 4) is 17.6 Å². The van der Waals surface area contributed by atoms with Crippen LogP contribution in [0.3, 0.4) is 0 Å². The highest BCUT2D eigenvalue weighted by molar-refractivity contribution is 5.96. The molecule has 0 atom stereocenters. The van der Waals surface area contributed by atoms with E-state index in [2.05, 4.69) is 0 Å². The monoisotopic (exact) mass is 281 g/mol. The van der Waals surface area contributed by atoms with Crippen LogP contribution >= 0.6 is 0 Å². The van der Waals surface area contributed by atoms with E-state index >= 15 is 0 Å². The van der Waals surface area contributed by atoms with Gasteiger partial charge in [0.1, 0.15) is 11.5 Å². The largest absolute Gasteiger partial charge is 0.497 e. The standard InChI is InChI=1S/C17H15NO3/c1-20-15-9-13(12-18)10-16(11-15)21-8-7-17(19)14-5-3-2-4-6-14/h2-6,9-11H,7-8H2,1H3. The number of hydrogen-bond acceptors (Lipinski definition) is 4. The lowest BCUT2D eigenvalue weighted by Gasteiger charge is -2.08. The number of ether oxygens (including phenoxy) is 2. The average molecular weight is 281 g/mol. The molecule has 0 aromatic heterocycles. The van der Waals surface area contributed by atoms with E-state index in [0.717, 1.165) is 0 Å². The second-order valence-corrected chi connectivity index (χ2v) is 4.40. The number of ketones is 1. The van der Waals surface area contributed by atoms with E-state index in [1.54, 1.807) is 30.3 Å². The van der Waals surface area contributed by atoms with Gasteiger partial charge in [-0.25, -0.2) is 0 Å². The van der Waals surface area contributed by atoms with Gasteiger partial charge in [-0.2, -0.15) is 5.26 Å². The van der Waals surface area contributed by atoms with Crippen molar-refractivity contribution in [1.29, 1.82) is 5.26 Å². The first-order valence-corrected chi connectivity index (χ1v) is 6.53. The predicted octanol–water partition coefficient (Wildman–Crippen LogP) is 3.22. The van der Waals surface area contributed by atoms with Crippen LogP contribution in [0.1, 0.15) is 22.3 Å². The van der Waals surface area contributed by atoms with Crippen LogP contribution in [0.5, 0.6) is 11.5 Å². The third kappa shape index (κ3) is 4.08. The lowest BCUT2D eigenvalue weighted by atomic mass is 10.1. The van der Waals surface area contributed by atoms with Crippen LogP contribution in [0.15, 0.2) is 48.5 Å². The van der Waals surface area contributed by atoms with Gasteiger partial charge in [-0.05, 0) is 12.1 Å². The summed E-state index contributed by atoms with van der Waals surface area (Å²) in [5, 5.41) is 8.93. The number of nitriles is 1. The van der Waals surface area contributed by atoms with Crippen LogP contribution in [-0.2, 0) is 0 Å². The van der Waals surface area contributed by atoms with Crippen molar-refractivity contribution in [1.82, 2.24) is 0 Å². The maximum absolute atomic E-state index is 11.9. The quantitative estimate of drug-likeness (QED) is 0.763. The van der Waals surface area contributed by atoms with Crippen LogP contribution in [0, 0.1) is 11.3 Å². The van der Waals surface area contributed by atoms with E-state index in [4.69, 9.17) is 14.7 Å². The zero-order valence-electron chi connectivity index (χ0n) is 11.7. The molecular weight excluding hydrogens is 266 g/mol. The molecule has 21 heavy (non-hydrogen) atoms. The molecule has 0 amide bonds. The smallest absolute Gasteiger partial charge is 0.166 e. The van der Waals surface area contributed by atoms with E-state index in [-0.39, 0.29) is 18.8 Å². The first-order chi connectivity index (χ1) is 10.2. The van der Waals surface area contributed by atoms with Crippen LogP contribution < -0.4 is 9.47 Å². The van der Waals surface area contributed by atoms with Gasteiger partial charge in [0, 0.05) is 18.1 Å². The van der Waals surface area contributed by atoms with Gasteiger partial charge in [-0.1, -0.05) is 30.3 Å². The Bertz CT molecular complexity index is 659. The molecule has 0 saturated heterocycles. The molecule has 2 aromatic rings. The number of methoxy groups -OCH3 is 1. The molecule has 0 saturated carbocycles. The Morgan fingerprint density at radius 2 is 1.86 bits per heavy atom. The number of carbonyl (C=O) groups excluding carboxylic acids is 1. The fraction of sp³-hybridized carbons (Fsp3) is 0.176. The van der Waals surface area contributed by atoms with Crippen molar-refractivity contribution >= 4 is 5.78 Å². The molecule has 0 aliphatic heterocycles. The van der Waals surface area contributed by atoms with Gasteiger partial charge in [0.15, 0.2) is 5.78 Å². The Balaban J connectivity index is 1.95. The lowest BCUT2D eigenvalue weighted by Crippen LogP contribution is -2.06. The van der Waals surface area contributed by atoms with Gasteiger partial charge < -0.3 is 9.47 Å². The molecule has 0 aliphatic carbocycles. The van der Waals surface area contributed by atoms with E-state index < -0.39 is 0 Å². The molecule has 4 heteroatoms. The molecule has 0 fully saturated rings. The Kier molecular flexibility index (Phi) is 4.94. The van der Waals surface area contributed by atoms with Crippen LogP contribution in [0.4, 0.5) is 0 Å². The maximum Gasteiger partial charge on any atom is 0.166 e. The summed E-state index contributed by atoms with van der Waals surface area (Å²) >= 11 is 0. The number of rotatable bonds is 6. The van der Waals surface area contributed by atoms with Crippen molar-refractivity contribution in [2.45, 2.75) is 6.42 Å². The molecule has 0 heterocycles. The molecule has 0 radical (unpaired) electrons. The van der Waals surface area contributed by atoms with Gasteiger partial charge >= 0.3 is 0 Å². The van der Waals surface area contributed by atoms with Crippen molar-refractivity contribution in [3.63, 3.8) is 0 Å². The van der Waals surface area contributed by atoms with Crippen LogP contribution in [0.2, 0.25) is 0 Å². The highest BCUT2D eigenvalue weighted by Crippen LogP contribution is 2.22. The average Bonchev–Trinajstić information content (AvgIpc) is 2.55. The van der Waals surface area contributed by atoms with Crippen molar-refractivity contribution in [2.75, 3.05) is 13.7 Å². The minimum absolute atomic E-state index is 0.0269. The van der Waals surface area contributed by atoms with Crippen LogP contribution in [-0.4, -0.2) is 19.5 Å². The highest BCUT2D eigenvalue weighted by Gasteiger charge is 2.06. The summed E-state index contributed by atoms with van der Waals surface area (Å²) in [7, 11) is 1.53. The van der Waals surface area contributed by atoms with E-state index in [9.17, 15) is 4.79 Å². The molecule has 0 unspecified atom stereocenters. The minimum Gasteiger partial charge on any atom is -0.497 e. The summed E-state index contributed by atoms with van der Waals surface area (Å²) in [5.41, 5.74) is 1.13. The summed E-state index contributed by atoms with van der Waals surface area (Å²) < 4.78 is 10.6. The molecule has 2 aromatic carbocycles. The van der Waals surface area contributed by atoms with Gasteiger partial charge in [-0.3, -0.25) is 4.79 Å². The minimum atomic E-state index is 0.0269. The first kappa shape index (κ1) is 14.6. The Labute approximate surface area is 123 Å². The number of benzene rings is 2. The molecular formula is C17H15NO3. The lowest BCUT2D eigenvalue weighted by molar-refractivity contribution is 0.0962. The van der Waals surface area contributed by atoms with Crippen molar-refractivity contribution < 1.29 is 14.3 Å². The SMILES string of the molecule is COc1cc(C#N)cc(OCCC(=O)c2ccccc2)c1. The molecule has 0 aliphatic rings. The Hall–Kier alpha value is -2.80. The maximum atomic E-state index is 11.9. The summed E-state index contributed by atoms with van der Waals surface area (Å²) in [5.74, 6) is 1.10. The third-order valence-corrected chi connectivity index (χ3v) is 2.94. The molecule has 4 nitrogen and oxygen atoms in total. The van der Waals surface area contributed by atoms with Gasteiger partial charge in [-0.15, -0.1) is 0 Å². The second kappa shape index (κ2) is 7.11. The third-order valence-electron chi connectivity index (χ3n) is 2.94. The molecule has 2 rings (SSSR count). The second-order valence-electron chi connectivity index (χ2n) is 4.40. The first-order valence-electron chi connectivity index (χ1n) is 6.53. The number of hydrogen-bond donors (Lipinski definition) is 0. The number of Topliss-reactive ketones (excluding diaryl/α,β-unsaturated/α-hetero) is 1. The highest BCUT2D eigenvalue weighted by atomic mass is 16.5. The fourth-order valence-corrected chi connectivity index (χ4v) is 1.87. The number of carbonyl (C=O) groups is 1. The summed E-state index contributed by atoms with van der Waals surface area (Å²) in [6.45, 7) is 0.256. The predicted molar refractivity (Wildman–Crippen MR) is 78.6 cm³/mol. The zero-order valence-corrected chi connectivity index (χ0v) is 11.7. The zero-order chi connectivity index (χ0) is 15.1. The van der Waals surface area contributed by atoms with Gasteiger partial charge in [0.2, 0.25) is 0 Å². The number of nitrogens with zero attached hydrogens (tertiary/aromatic N) is 1. The summed E-state index contributed by atoms with van der Waals surface area (Å²) in [4.78, 5) is 11.9. The van der Waals surface area contributed by atoms with E-state index in [0.29, 0.717) is 22.6 Å². The Morgan fingerprint density at radius 1 is 1.14 bits per heavy atom. The molecule has 106 valence electrons. The molecule has 0 bridgehead atoms. The molecule has 0 spiro atoms. The van der Waals surface area contributed by atoms with Crippen molar-refractivity contribution in [3.05, 3.63) is 59.7 Å². The fourth-order valence-electron chi connectivity index (χ4n) is 1.87. The topological polar surface area (TPSA) is 59.3 Å². The van der Waals surface area contributed by atoms with E-state index in [1.165, 1.54) is 7.11 Å². The van der Waals surface area contributed by atoms with Gasteiger partial charge in [0.05, 0.1) is 25.3 Å². The van der Waals surface area contributed by atoms with Crippen LogP contribution in [0.25, 0.3) is 0 Å². The summed E-state index contributed by atoms with van der Waals surface area (Å²) in [6, 6.07) is 16.1.